The van der Waals surface area contributed by atoms with E-state index in [0.717, 1.165) is 62.7 Å². The molecule has 4 aliphatic rings. The number of piperazine rings is 1. The first-order valence-corrected chi connectivity index (χ1v) is 22.9. The molecule has 0 aliphatic carbocycles. The molecule has 1 aromatic heterocycles. The van der Waals surface area contributed by atoms with E-state index >= 15 is 4.39 Å². The monoisotopic (exact) mass is 857 g/mol. The molecular weight excluding hydrogens is 812 g/mol. The van der Waals surface area contributed by atoms with Gasteiger partial charge in [-0.05, 0) is 87.6 Å². The van der Waals surface area contributed by atoms with Crippen molar-refractivity contribution in [3.8, 4) is 5.75 Å². The number of halogens is 2. The Morgan fingerprint density at radius 2 is 1.67 bits per heavy atom. The molecule has 4 aromatic rings. The zero-order chi connectivity index (χ0) is 42.3. The van der Waals surface area contributed by atoms with Gasteiger partial charge in [-0.2, -0.15) is 4.98 Å². The Morgan fingerprint density at radius 1 is 0.917 bits per heavy atom. The Morgan fingerprint density at radius 3 is 2.38 bits per heavy atom. The molecule has 0 saturated carbocycles. The molecule has 3 saturated heterocycles. The van der Waals surface area contributed by atoms with Gasteiger partial charge in [-0.1, -0.05) is 23.7 Å². The number of ether oxygens (including phenoxy) is 1. The summed E-state index contributed by atoms with van der Waals surface area (Å²) in [4.78, 5) is 67.3. The molecule has 8 rings (SSSR count). The topological polar surface area (TPSA) is 169 Å². The molecule has 3 aromatic carbocycles. The number of nitrogens with one attached hydrogen (secondary N) is 3. The molecule has 314 valence electrons. The van der Waals surface area contributed by atoms with Gasteiger partial charge in [0.25, 0.3) is 11.8 Å². The van der Waals surface area contributed by atoms with Crippen molar-refractivity contribution in [2.75, 3.05) is 75.2 Å². The van der Waals surface area contributed by atoms with E-state index in [-0.39, 0.29) is 24.0 Å². The van der Waals surface area contributed by atoms with Crippen LogP contribution in [0.15, 0.2) is 60.8 Å². The minimum absolute atomic E-state index is 0.00315. The number of amides is 4. The molecule has 4 aliphatic heterocycles. The van der Waals surface area contributed by atoms with Crippen LogP contribution in [0.4, 0.5) is 33.2 Å². The molecule has 0 spiro atoms. The zero-order valence-electron chi connectivity index (χ0n) is 33.5. The van der Waals surface area contributed by atoms with Crippen molar-refractivity contribution in [1.29, 1.82) is 0 Å². The molecule has 15 nitrogen and oxygen atoms in total. The van der Waals surface area contributed by atoms with Crippen LogP contribution in [0.2, 0.25) is 5.02 Å². The van der Waals surface area contributed by atoms with Crippen molar-refractivity contribution in [2.45, 2.75) is 44.3 Å². The smallest absolute Gasteiger partial charge is 0.265 e. The number of piperidine rings is 2. The molecule has 1 atom stereocenters. The summed E-state index contributed by atoms with van der Waals surface area (Å²) in [6, 6.07) is 15.5. The maximum Gasteiger partial charge on any atom is 0.265 e. The van der Waals surface area contributed by atoms with Gasteiger partial charge >= 0.3 is 0 Å². The lowest BCUT2D eigenvalue weighted by molar-refractivity contribution is -0.136. The predicted molar refractivity (Wildman–Crippen MR) is 227 cm³/mol. The van der Waals surface area contributed by atoms with Gasteiger partial charge in [0, 0.05) is 62.2 Å². The van der Waals surface area contributed by atoms with Crippen molar-refractivity contribution in [3.63, 3.8) is 0 Å². The van der Waals surface area contributed by atoms with Crippen molar-refractivity contribution < 1.29 is 32.9 Å². The second-order valence-electron chi connectivity index (χ2n) is 15.9. The van der Waals surface area contributed by atoms with E-state index in [2.05, 4.69) is 40.6 Å². The van der Waals surface area contributed by atoms with Crippen LogP contribution in [0.25, 0.3) is 0 Å². The molecule has 0 radical (unpaired) electrons. The highest BCUT2D eigenvalue weighted by molar-refractivity contribution is 7.70. The first kappa shape index (κ1) is 41.3. The summed E-state index contributed by atoms with van der Waals surface area (Å²) >= 11 is 6.47. The second-order valence-corrected chi connectivity index (χ2v) is 19.5. The molecule has 3 fully saturated rings. The fourth-order valence-electron chi connectivity index (χ4n) is 8.53. The van der Waals surface area contributed by atoms with E-state index in [9.17, 15) is 23.7 Å². The number of para-hydroxylation sites is 1. The Labute approximate surface area is 352 Å². The van der Waals surface area contributed by atoms with E-state index in [4.69, 9.17) is 16.3 Å². The fourth-order valence-corrected chi connectivity index (χ4v) is 9.83. The summed E-state index contributed by atoms with van der Waals surface area (Å²) in [6.45, 7) is 8.93. The number of anilines is 5. The first-order chi connectivity index (χ1) is 28.8. The molecule has 4 amide bonds. The fraction of sp³-hybridized carbons (Fsp3) is 0.381. The third-order valence-electron chi connectivity index (χ3n) is 11.6. The summed E-state index contributed by atoms with van der Waals surface area (Å²) in [5, 5.41) is 9.66. The maximum absolute atomic E-state index is 15.4. The van der Waals surface area contributed by atoms with Crippen LogP contribution in [-0.4, -0.2) is 120 Å². The number of rotatable bonds is 11. The molecular formula is C42H46ClFN9O6P. The summed E-state index contributed by atoms with van der Waals surface area (Å²) in [5.74, 6) is -2.22. The van der Waals surface area contributed by atoms with Gasteiger partial charge in [-0.3, -0.25) is 39.2 Å². The number of hydrogen-bond acceptors (Lipinski definition) is 13. The minimum Gasteiger partial charge on any atom is -0.494 e. The van der Waals surface area contributed by atoms with Gasteiger partial charge in [0.15, 0.2) is 5.82 Å². The van der Waals surface area contributed by atoms with E-state index in [1.807, 2.05) is 42.5 Å². The van der Waals surface area contributed by atoms with Gasteiger partial charge in [-0.25, -0.2) is 9.37 Å². The number of benzene rings is 3. The molecule has 0 bridgehead atoms. The average Bonchev–Trinajstić information content (AvgIpc) is 3.48. The van der Waals surface area contributed by atoms with Gasteiger partial charge in [0.1, 0.15) is 29.8 Å². The highest BCUT2D eigenvalue weighted by Crippen LogP contribution is 2.39. The lowest BCUT2D eigenvalue weighted by Crippen LogP contribution is -2.54. The normalized spacial score (nSPS) is 19.4. The van der Waals surface area contributed by atoms with Gasteiger partial charge in [-0.15, -0.1) is 0 Å². The number of carbonyl (C=O) groups is 4. The number of carbonyl (C=O) groups excluding carboxylic acids is 4. The number of nitrogens with zero attached hydrogens (tertiary/aromatic N) is 6. The number of fused-ring (bicyclic) bond motifs is 1. The second kappa shape index (κ2) is 16.9. The molecule has 1 unspecified atom stereocenters. The van der Waals surface area contributed by atoms with Gasteiger partial charge in [0.05, 0.1) is 35.8 Å². The maximum atomic E-state index is 15.4. The standard InChI is InChI=1S/C42H46ClFN9O6P/c1-59-34-22-27(8-9-31(34)47-42-45-23-29(43)38(49-42)46-32-6-4-5-7-35(32)60(2,3)58)52-18-16-51(17-19-52)26-12-14-50(15-13-26)24-25-20-28-37(30(44)21-25)41(57)53(40(28)56)33-10-11-36(54)48-39(33)55/h4-9,20-23,26,33H,10-19,24H2,1-3H3,(H,48,54,55)(H2,45,46,47,49). The lowest BCUT2D eigenvalue weighted by Gasteiger charge is -2.43. The van der Waals surface area contributed by atoms with Crippen LogP contribution in [0.3, 0.4) is 0 Å². The van der Waals surface area contributed by atoms with Crippen LogP contribution in [0.1, 0.15) is 52.0 Å². The lowest BCUT2D eigenvalue weighted by atomic mass is 10.00. The Kier molecular flexibility index (Phi) is 11.7. The van der Waals surface area contributed by atoms with E-state index in [1.165, 1.54) is 12.3 Å². The quantitative estimate of drug-likeness (QED) is 0.133. The summed E-state index contributed by atoms with van der Waals surface area (Å²) < 4.78 is 34.0. The van der Waals surface area contributed by atoms with Crippen LogP contribution >= 0.6 is 18.7 Å². The van der Waals surface area contributed by atoms with Gasteiger partial charge < -0.3 is 24.8 Å². The Hall–Kier alpha value is -5.41. The number of aromatic nitrogens is 2. The molecule has 60 heavy (non-hydrogen) atoms. The number of imide groups is 2. The number of hydrogen-bond donors (Lipinski definition) is 3. The van der Waals surface area contributed by atoms with Crippen LogP contribution in [0.5, 0.6) is 5.75 Å². The zero-order valence-corrected chi connectivity index (χ0v) is 35.2. The summed E-state index contributed by atoms with van der Waals surface area (Å²) in [6.07, 6.45) is 3.40. The highest BCUT2D eigenvalue weighted by atomic mass is 35.5. The predicted octanol–water partition coefficient (Wildman–Crippen LogP) is 5.20. The summed E-state index contributed by atoms with van der Waals surface area (Å²) in [7, 11) is -0.949. The third-order valence-corrected chi connectivity index (χ3v) is 13.5. The van der Waals surface area contributed by atoms with E-state index < -0.39 is 42.6 Å². The average molecular weight is 858 g/mol. The SMILES string of the molecule is COc1cc(N2CCN(C3CCN(Cc4cc(F)c5c(c4)C(=O)N(C4CCC(=O)NC4=O)C5=O)CC3)CC2)ccc1Nc1ncc(Cl)c(Nc2ccccc2P(C)(C)=O)n1. The Bertz CT molecular complexity index is 2420. The third kappa shape index (κ3) is 8.46. The van der Waals surface area contributed by atoms with Crippen molar-refractivity contribution in [2.24, 2.45) is 0 Å². The largest absolute Gasteiger partial charge is 0.494 e. The highest BCUT2D eigenvalue weighted by Gasteiger charge is 2.46. The Balaban J connectivity index is 0.843. The van der Waals surface area contributed by atoms with Gasteiger partial charge in [0.2, 0.25) is 17.8 Å². The minimum atomic E-state index is -2.57. The van der Waals surface area contributed by atoms with Crippen molar-refractivity contribution >= 4 is 76.5 Å². The number of likely N-dealkylation sites (tertiary alicyclic amines) is 1. The number of methoxy groups -OCH3 is 1. The van der Waals surface area contributed by atoms with Crippen LogP contribution in [-0.2, 0) is 20.7 Å². The van der Waals surface area contributed by atoms with E-state index in [0.29, 0.717) is 57.4 Å². The van der Waals surface area contributed by atoms with Crippen LogP contribution < -0.4 is 30.9 Å². The molecule has 3 N–H and O–H groups in total. The van der Waals surface area contributed by atoms with Crippen LogP contribution in [0, 0.1) is 5.82 Å². The van der Waals surface area contributed by atoms with Crippen molar-refractivity contribution in [3.05, 3.63) is 88.3 Å². The molecule has 5 heterocycles. The first-order valence-electron chi connectivity index (χ1n) is 19.9. The van der Waals surface area contributed by atoms with E-state index in [1.54, 1.807) is 26.5 Å². The summed E-state index contributed by atoms with van der Waals surface area (Å²) in [5.41, 5.74) is 2.61. The molecule has 18 heteroatoms. The van der Waals surface area contributed by atoms with Crippen molar-refractivity contribution in [1.82, 2.24) is 30.0 Å².